The molecule has 3 rings (SSSR count). The molecule has 1 aliphatic heterocycles. The van der Waals surface area contributed by atoms with Crippen LogP contribution in [0.4, 0.5) is 21.7 Å². The first-order valence-electron chi connectivity index (χ1n) is 9.70. The molecule has 1 saturated heterocycles. The van der Waals surface area contributed by atoms with Gasteiger partial charge in [-0.3, -0.25) is 4.79 Å². The summed E-state index contributed by atoms with van der Waals surface area (Å²) in [6.07, 6.45) is 3.53. The zero-order valence-electron chi connectivity index (χ0n) is 16.3. The molecule has 2 heterocycles. The summed E-state index contributed by atoms with van der Waals surface area (Å²) >= 11 is 5.83. The molecule has 0 saturated carbocycles. The summed E-state index contributed by atoms with van der Waals surface area (Å²) in [6.45, 7) is 5.02. The summed E-state index contributed by atoms with van der Waals surface area (Å²) in [4.78, 5) is 22.2. The topological polar surface area (TPSA) is 79.4 Å². The highest BCUT2D eigenvalue weighted by Crippen LogP contribution is 2.25. The normalized spacial score (nSPS) is 14.7. The summed E-state index contributed by atoms with van der Waals surface area (Å²) in [7, 11) is 0. The smallest absolute Gasteiger partial charge is 0.319 e. The molecule has 1 fully saturated rings. The van der Waals surface area contributed by atoms with E-state index in [4.69, 9.17) is 16.3 Å². The van der Waals surface area contributed by atoms with Crippen molar-refractivity contribution in [3.05, 3.63) is 41.4 Å². The summed E-state index contributed by atoms with van der Waals surface area (Å²) in [5, 5.41) is 6.36. The second-order valence-corrected chi connectivity index (χ2v) is 7.29. The number of benzene rings is 1. The Morgan fingerprint density at radius 3 is 2.83 bits per heavy atom. The minimum Gasteiger partial charge on any atom is -0.465 e. The molecular formula is C20H25ClFN5O2. The largest absolute Gasteiger partial charge is 0.465 e. The van der Waals surface area contributed by atoms with Crippen LogP contribution in [0.5, 0.6) is 0 Å². The second kappa shape index (κ2) is 10.4. The standard InChI is InChI=1S/C20H25ClFN5O2/c1-2-29-20(28)12-23-11-14-5-7-27(8-6-14)19-10-18(24-13-25-19)26-15-3-4-17(22)16(21)9-15/h3-4,9-10,13-14,23H,2,5-8,11-12H2,1H3,(H,24,25,26). The number of anilines is 3. The SMILES string of the molecule is CCOC(=O)CNCC1CCN(c2cc(Nc3ccc(F)c(Cl)c3)ncn2)CC1. The third kappa shape index (κ3) is 6.27. The van der Waals surface area contributed by atoms with Crippen molar-refractivity contribution in [2.45, 2.75) is 19.8 Å². The third-order valence-electron chi connectivity index (χ3n) is 4.79. The molecule has 1 aromatic carbocycles. The minimum atomic E-state index is -0.458. The number of nitrogens with zero attached hydrogens (tertiary/aromatic N) is 3. The van der Waals surface area contributed by atoms with Gasteiger partial charge in [0.25, 0.3) is 0 Å². The van der Waals surface area contributed by atoms with E-state index >= 15 is 0 Å². The van der Waals surface area contributed by atoms with Gasteiger partial charge in [0, 0.05) is 24.8 Å². The van der Waals surface area contributed by atoms with E-state index in [1.165, 1.54) is 18.5 Å². The van der Waals surface area contributed by atoms with Crippen LogP contribution in [0, 0.1) is 11.7 Å². The molecule has 1 aliphatic rings. The monoisotopic (exact) mass is 421 g/mol. The van der Waals surface area contributed by atoms with Crippen LogP contribution in [-0.4, -0.2) is 48.7 Å². The molecule has 2 N–H and O–H groups in total. The van der Waals surface area contributed by atoms with Crippen molar-refractivity contribution in [3.63, 3.8) is 0 Å². The predicted molar refractivity (Wildman–Crippen MR) is 111 cm³/mol. The fraction of sp³-hybridized carbons (Fsp3) is 0.450. The van der Waals surface area contributed by atoms with E-state index in [2.05, 4.69) is 25.5 Å². The van der Waals surface area contributed by atoms with E-state index in [9.17, 15) is 9.18 Å². The van der Waals surface area contributed by atoms with Gasteiger partial charge in [-0.2, -0.15) is 0 Å². The van der Waals surface area contributed by atoms with Crippen LogP contribution >= 0.6 is 11.6 Å². The lowest BCUT2D eigenvalue weighted by molar-refractivity contribution is -0.142. The number of aromatic nitrogens is 2. The molecule has 0 radical (unpaired) electrons. The van der Waals surface area contributed by atoms with E-state index in [1.54, 1.807) is 13.0 Å². The molecule has 0 spiro atoms. The van der Waals surface area contributed by atoms with Crippen LogP contribution in [0.3, 0.4) is 0 Å². The van der Waals surface area contributed by atoms with Crippen molar-refractivity contribution in [1.82, 2.24) is 15.3 Å². The van der Waals surface area contributed by atoms with Crippen molar-refractivity contribution in [2.75, 3.05) is 43.0 Å². The van der Waals surface area contributed by atoms with Gasteiger partial charge in [0.2, 0.25) is 0 Å². The number of carbonyl (C=O) groups excluding carboxylic acids is 1. The second-order valence-electron chi connectivity index (χ2n) is 6.88. The van der Waals surface area contributed by atoms with Crippen LogP contribution < -0.4 is 15.5 Å². The highest BCUT2D eigenvalue weighted by Gasteiger charge is 2.20. The fourth-order valence-corrected chi connectivity index (χ4v) is 3.45. The highest BCUT2D eigenvalue weighted by atomic mass is 35.5. The van der Waals surface area contributed by atoms with Gasteiger partial charge < -0.3 is 20.3 Å². The number of hydrogen-bond acceptors (Lipinski definition) is 7. The maximum Gasteiger partial charge on any atom is 0.319 e. The predicted octanol–water partition coefficient (Wildman–Crippen LogP) is 3.38. The first kappa shape index (κ1) is 21.3. The van der Waals surface area contributed by atoms with Crippen LogP contribution in [0.2, 0.25) is 5.02 Å². The van der Waals surface area contributed by atoms with Crippen LogP contribution in [0.15, 0.2) is 30.6 Å². The van der Waals surface area contributed by atoms with Crippen molar-refractivity contribution >= 4 is 34.9 Å². The number of piperidine rings is 1. The molecule has 0 bridgehead atoms. The molecule has 2 aromatic rings. The van der Waals surface area contributed by atoms with Crippen LogP contribution in [0.1, 0.15) is 19.8 Å². The average molecular weight is 422 g/mol. The summed E-state index contributed by atoms with van der Waals surface area (Å²) in [5.74, 6) is 1.31. The van der Waals surface area contributed by atoms with Gasteiger partial charge in [0.15, 0.2) is 0 Å². The van der Waals surface area contributed by atoms with Crippen molar-refractivity contribution in [2.24, 2.45) is 5.92 Å². The Balaban J connectivity index is 1.50. The zero-order valence-corrected chi connectivity index (χ0v) is 17.1. The van der Waals surface area contributed by atoms with Crippen molar-refractivity contribution in [3.8, 4) is 0 Å². The molecule has 29 heavy (non-hydrogen) atoms. The lowest BCUT2D eigenvalue weighted by Crippen LogP contribution is -2.38. The number of halogens is 2. The molecule has 156 valence electrons. The van der Waals surface area contributed by atoms with E-state index in [0.29, 0.717) is 24.0 Å². The van der Waals surface area contributed by atoms with Gasteiger partial charge in [0.05, 0.1) is 18.2 Å². The Morgan fingerprint density at radius 1 is 1.31 bits per heavy atom. The highest BCUT2D eigenvalue weighted by molar-refractivity contribution is 6.31. The van der Waals surface area contributed by atoms with E-state index in [-0.39, 0.29) is 17.5 Å². The Bertz CT molecular complexity index is 830. The van der Waals surface area contributed by atoms with Gasteiger partial charge in [-0.25, -0.2) is 14.4 Å². The zero-order chi connectivity index (χ0) is 20.6. The Hall–Kier alpha value is -2.45. The van der Waals surface area contributed by atoms with Crippen LogP contribution in [-0.2, 0) is 9.53 Å². The molecule has 0 unspecified atom stereocenters. The lowest BCUT2D eigenvalue weighted by atomic mass is 9.97. The molecule has 1 aromatic heterocycles. The summed E-state index contributed by atoms with van der Waals surface area (Å²) < 4.78 is 18.2. The molecule has 0 aliphatic carbocycles. The number of nitrogens with one attached hydrogen (secondary N) is 2. The van der Waals surface area contributed by atoms with Gasteiger partial charge in [0.1, 0.15) is 23.8 Å². The Morgan fingerprint density at radius 2 is 2.10 bits per heavy atom. The first-order chi connectivity index (χ1) is 14.0. The van der Waals surface area contributed by atoms with E-state index < -0.39 is 5.82 Å². The molecular weight excluding hydrogens is 397 g/mol. The molecule has 0 atom stereocenters. The van der Waals surface area contributed by atoms with Gasteiger partial charge in [-0.15, -0.1) is 0 Å². The Labute approximate surface area is 174 Å². The van der Waals surface area contributed by atoms with Gasteiger partial charge in [-0.05, 0) is 50.4 Å². The van der Waals surface area contributed by atoms with Crippen LogP contribution in [0.25, 0.3) is 0 Å². The minimum absolute atomic E-state index is 0.0583. The molecule has 7 nitrogen and oxygen atoms in total. The van der Waals surface area contributed by atoms with Crippen molar-refractivity contribution in [1.29, 1.82) is 0 Å². The van der Waals surface area contributed by atoms with Gasteiger partial charge in [-0.1, -0.05) is 11.6 Å². The van der Waals surface area contributed by atoms with E-state index in [1.807, 2.05) is 6.07 Å². The number of rotatable bonds is 8. The molecule has 9 heteroatoms. The molecule has 0 amide bonds. The quantitative estimate of drug-likeness (QED) is 0.632. The number of hydrogen-bond donors (Lipinski definition) is 2. The summed E-state index contributed by atoms with van der Waals surface area (Å²) in [6, 6.07) is 6.31. The number of carbonyl (C=O) groups is 1. The Kier molecular flexibility index (Phi) is 7.60. The van der Waals surface area contributed by atoms with E-state index in [0.717, 1.165) is 38.3 Å². The third-order valence-corrected chi connectivity index (χ3v) is 5.08. The first-order valence-corrected chi connectivity index (χ1v) is 10.1. The summed E-state index contributed by atoms with van der Waals surface area (Å²) in [5.41, 5.74) is 0.660. The average Bonchev–Trinajstić information content (AvgIpc) is 2.72. The van der Waals surface area contributed by atoms with Crippen molar-refractivity contribution < 1.29 is 13.9 Å². The number of ether oxygens (including phenoxy) is 1. The lowest BCUT2D eigenvalue weighted by Gasteiger charge is -2.33. The maximum atomic E-state index is 13.3. The van der Waals surface area contributed by atoms with Gasteiger partial charge >= 0.3 is 5.97 Å². The number of esters is 1. The maximum absolute atomic E-state index is 13.3. The fourth-order valence-electron chi connectivity index (χ4n) is 3.27.